The van der Waals surface area contributed by atoms with Crippen molar-refractivity contribution in [3.05, 3.63) is 28.9 Å². The van der Waals surface area contributed by atoms with Crippen molar-refractivity contribution in [3.63, 3.8) is 0 Å². The maximum absolute atomic E-state index is 6.68. The van der Waals surface area contributed by atoms with E-state index in [-0.39, 0.29) is 4.75 Å². The Hall–Kier alpha value is -1.77. The second kappa shape index (κ2) is 8.88. The first-order valence-electron chi connectivity index (χ1n) is 11.6. The number of aromatic amines is 1. The molecule has 1 aliphatic heterocycles. The van der Waals surface area contributed by atoms with E-state index in [4.69, 9.17) is 21.0 Å². The number of rotatable bonds is 5. The molecule has 0 atom stereocenters. The van der Waals surface area contributed by atoms with Gasteiger partial charge in [0.05, 0.1) is 21.7 Å². The smallest absolute Gasteiger partial charge is 0.219 e. The van der Waals surface area contributed by atoms with E-state index in [0.29, 0.717) is 11.8 Å². The summed E-state index contributed by atoms with van der Waals surface area (Å²) in [6.45, 7) is 11.7. The number of anilines is 1. The molecule has 1 N–H and O–H groups in total. The molecule has 0 unspecified atom stereocenters. The number of thioether (sulfide) groups is 1. The van der Waals surface area contributed by atoms with Crippen LogP contribution in [0.2, 0.25) is 5.02 Å². The van der Waals surface area contributed by atoms with E-state index in [9.17, 15) is 0 Å². The maximum Gasteiger partial charge on any atom is 0.219 e. The molecule has 7 nitrogen and oxygen atoms in total. The van der Waals surface area contributed by atoms with E-state index in [2.05, 4.69) is 44.9 Å². The average molecular weight is 475 g/mol. The number of aromatic nitrogens is 4. The molecule has 0 amide bonds. The fraction of sp³-hybridized carbons (Fsp3) is 0.609. The Labute approximate surface area is 198 Å². The van der Waals surface area contributed by atoms with Crippen LogP contribution in [-0.4, -0.2) is 62.5 Å². The third kappa shape index (κ3) is 4.50. The van der Waals surface area contributed by atoms with Crippen LogP contribution in [0.25, 0.3) is 11.0 Å². The van der Waals surface area contributed by atoms with E-state index in [1.54, 1.807) is 0 Å². The van der Waals surface area contributed by atoms with Gasteiger partial charge in [0.15, 0.2) is 5.16 Å². The third-order valence-corrected chi connectivity index (χ3v) is 8.56. The molecule has 1 saturated carbocycles. The lowest BCUT2D eigenvalue weighted by molar-refractivity contribution is 0.271. The highest BCUT2D eigenvalue weighted by atomic mass is 35.5. The molecule has 3 heterocycles. The molecule has 5 rings (SSSR count). The molecule has 32 heavy (non-hydrogen) atoms. The summed E-state index contributed by atoms with van der Waals surface area (Å²) in [5.41, 5.74) is 3.09. The summed E-state index contributed by atoms with van der Waals surface area (Å²) >= 11 is 8.53. The van der Waals surface area contributed by atoms with Crippen molar-refractivity contribution in [2.75, 3.05) is 37.6 Å². The van der Waals surface area contributed by atoms with Gasteiger partial charge in [0, 0.05) is 43.8 Å². The highest BCUT2D eigenvalue weighted by Gasteiger charge is 2.35. The van der Waals surface area contributed by atoms with Crippen LogP contribution in [-0.2, 0) is 0 Å². The number of benzene rings is 1. The van der Waals surface area contributed by atoms with Gasteiger partial charge in [0.25, 0.3) is 0 Å². The molecule has 0 radical (unpaired) electrons. The second-order valence-electron chi connectivity index (χ2n) is 9.27. The van der Waals surface area contributed by atoms with E-state index >= 15 is 0 Å². The van der Waals surface area contributed by atoms with Crippen molar-refractivity contribution in [2.24, 2.45) is 0 Å². The summed E-state index contributed by atoms with van der Waals surface area (Å²) in [5, 5.41) is 9.99. The Balaban J connectivity index is 1.28. The zero-order valence-electron chi connectivity index (χ0n) is 19.0. The van der Waals surface area contributed by atoms with Gasteiger partial charge in [0.2, 0.25) is 11.8 Å². The van der Waals surface area contributed by atoms with Crippen LogP contribution in [0, 0.1) is 6.92 Å². The number of hydrogen-bond donors (Lipinski definition) is 1. The molecule has 2 aliphatic rings. The molecule has 1 aromatic carbocycles. The Morgan fingerprint density at radius 3 is 2.59 bits per heavy atom. The van der Waals surface area contributed by atoms with Crippen molar-refractivity contribution < 1.29 is 4.42 Å². The van der Waals surface area contributed by atoms with Crippen molar-refractivity contribution in [3.8, 4) is 0 Å². The summed E-state index contributed by atoms with van der Waals surface area (Å²) < 4.78 is 5.81. The van der Waals surface area contributed by atoms with Crippen LogP contribution >= 0.6 is 23.4 Å². The van der Waals surface area contributed by atoms with E-state index in [1.807, 2.05) is 24.8 Å². The van der Waals surface area contributed by atoms with Gasteiger partial charge >= 0.3 is 0 Å². The Bertz CT molecular complexity index is 1080. The molecular weight excluding hydrogens is 444 g/mol. The first kappa shape index (κ1) is 22.0. The largest absolute Gasteiger partial charge is 0.425 e. The van der Waals surface area contributed by atoms with Gasteiger partial charge in [-0.15, -0.1) is 10.2 Å². The van der Waals surface area contributed by atoms with Gasteiger partial charge in [-0.1, -0.05) is 30.3 Å². The molecule has 2 fully saturated rings. The van der Waals surface area contributed by atoms with Crippen LogP contribution in [0.5, 0.6) is 0 Å². The highest BCUT2D eigenvalue weighted by Crippen LogP contribution is 2.47. The first-order valence-corrected chi connectivity index (χ1v) is 12.8. The molecular formula is C23H31ClN6OS. The van der Waals surface area contributed by atoms with Crippen LogP contribution in [0.3, 0.4) is 0 Å². The number of halogens is 1. The minimum absolute atomic E-state index is 0.141. The molecule has 0 bridgehead atoms. The standard InChI is InChI=1S/C23H31ClN6OS/c1-4-29-9-11-30(12-10-29)20-14-19-18(13-17(20)24)25-22(26-19)32-23(3)7-5-16(6-8-23)21-28-27-15(2)31-21/h13-14,16H,4-12H2,1-3H3,(H,25,26). The van der Waals surface area contributed by atoms with E-state index in [1.165, 1.54) is 0 Å². The second-order valence-corrected chi connectivity index (χ2v) is 11.3. The zero-order chi connectivity index (χ0) is 22.3. The Morgan fingerprint density at radius 2 is 1.94 bits per heavy atom. The van der Waals surface area contributed by atoms with Gasteiger partial charge < -0.3 is 19.2 Å². The van der Waals surface area contributed by atoms with Crippen LogP contribution in [0.4, 0.5) is 5.69 Å². The summed E-state index contributed by atoms with van der Waals surface area (Å²) in [7, 11) is 0. The minimum Gasteiger partial charge on any atom is -0.425 e. The molecule has 2 aromatic heterocycles. The Morgan fingerprint density at radius 1 is 1.19 bits per heavy atom. The summed E-state index contributed by atoms with van der Waals surface area (Å²) in [6.07, 6.45) is 4.30. The maximum atomic E-state index is 6.68. The number of piperazine rings is 1. The normalized spacial score (nSPS) is 25.0. The highest BCUT2D eigenvalue weighted by molar-refractivity contribution is 8.00. The van der Waals surface area contributed by atoms with Crippen LogP contribution < -0.4 is 4.90 Å². The lowest BCUT2D eigenvalue weighted by atomic mass is 9.82. The summed E-state index contributed by atoms with van der Waals surface area (Å²) in [5.74, 6) is 1.81. The van der Waals surface area contributed by atoms with Gasteiger partial charge in [-0.2, -0.15) is 0 Å². The summed E-state index contributed by atoms with van der Waals surface area (Å²) in [4.78, 5) is 13.3. The number of hydrogen-bond acceptors (Lipinski definition) is 7. The fourth-order valence-electron chi connectivity index (χ4n) is 4.88. The molecule has 1 saturated heterocycles. The average Bonchev–Trinajstić information content (AvgIpc) is 3.38. The van der Waals surface area contributed by atoms with Gasteiger partial charge in [-0.05, 0) is 51.3 Å². The molecule has 0 spiro atoms. The zero-order valence-corrected chi connectivity index (χ0v) is 20.6. The number of aryl methyl sites for hydroxylation is 1. The number of nitrogens with one attached hydrogen (secondary N) is 1. The van der Waals surface area contributed by atoms with E-state index < -0.39 is 0 Å². The van der Waals surface area contributed by atoms with Crippen molar-refractivity contribution in [1.82, 2.24) is 25.1 Å². The Kier molecular flexibility index (Phi) is 6.11. The van der Waals surface area contributed by atoms with E-state index in [0.717, 1.165) is 91.2 Å². The monoisotopic (exact) mass is 474 g/mol. The first-order chi connectivity index (χ1) is 15.4. The number of likely N-dealkylation sites (N-methyl/N-ethyl adjacent to an activating group) is 1. The SMILES string of the molecule is CCN1CCN(c2cc3nc(SC4(C)CCC(c5nnc(C)o5)CC4)[nH]c3cc2Cl)CC1. The van der Waals surface area contributed by atoms with Crippen molar-refractivity contribution >= 4 is 40.1 Å². The predicted molar refractivity (Wildman–Crippen MR) is 130 cm³/mol. The number of imidazole rings is 1. The predicted octanol–water partition coefficient (Wildman–Crippen LogP) is 5.26. The number of fused-ring (bicyclic) bond motifs is 1. The molecule has 1 aliphatic carbocycles. The van der Waals surface area contributed by atoms with Gasteiger partial charge in [0.1, 0.15) is 0 Å². The summed E-state index contributed by atoms with van der Waals surface area (Å²) in [6, 6.07) is 4.18. The number of nitrogens with zero attached hydrogens (tertiary/aromatic N) is 5. The van der Waals surface area contributed by atoms with Crippen molar-refractivity contribution in [2.45, 2.75) is 62.3 Å². The molecule has 3 aromatic rings. The lowest BCUT2D eigenvalue weighted by Crippen LogP contribution is -2.46. The van der Waals surface area contributed by atoms with Gasteiger partial charge in [-0.3, -0.25) is 0 Å². The third-order valence-electron chi connectivity index (χ3n) is 6.97. The topological polar surface area (TPSA) is 74.1 Å². The quantitative estimate of drug-likeness (QED) is 0.540. The van der Waals surface area contributed by atoms with Gasteiger partial charge in [-0.25, -0.2) is 4.98 Å². The van der Waals surface area contributed by atoms with Crippen molar-refractivity contribution in [1.29, 1.82) is 0 Å². The molecule has 172 valence electrons. The minimum atomic E-state index is 0.141. The lowest BCUT2D eigenvalue weighted by Gasteiger charge is -2.35. The number of H-pyrrole nitrogens is 1. The molecule has 9 heteroatoms. The van der Waals surface area contributed by atoms with Crippen LogP contribution in [0.1, 0.15) is 57.2 Å². The fourth-order valence-corrected chi connectivity index (χ4v) is 6.37. The van der Waals surface area contributed by atoms with Crippen LogP contribution in [0.15, 0.2) is 21.7 Å².